The molecule has 2 N–H and O–H groups in total. The first kappa shape index (κ1) is 14.0. The molecule has 0 bridgehead atoms. The molecule has 0 amide bonds. The highest BCUT2D eigenvalue weighted by atomic mass is 16.5. The van der Waals surface area contributed by atoms with Crippen molar-refractivity contribution in [1.82, 2.24) is 0 Å². The molecule has 0 aliphatic carbocycles. The predicted octanol–water partition coefficient (Wildman–Crippen LogP) is 0.730. The van der Waals surface area contributed by atoms with Gasteiger partial charge in [-0.2, -0.15) is 0 Å². The third-order valence-electron chi connectivity index (χ3n) is 2.19. The van der Waals surface area contributed by atoms with Crippen LogP contribution in [-0.2, 0) is 4.74 Å². The second-order valence-corrected chi connectivity index (χ2v) is 3.16. The highest BCUT2D eigenvalue weighted by Gasteiger charge is 2.29. The Hall–Kier alpha value is -0.580. The molecule has 0 aliphatic rings. The first-order valence-electron chi connectivity index (χ1n) is 3.70. The van der Waals surface area contributed by atoms with E-state index in [1.807, 2.05) is 21.0 Å². The van der Waals surface area contributed by atoms with Crippen LogP contribution in [0, 0.1) is 0 Å². The lowest BCUT2D eigenvalue weighted by Crippen LogP contribution is -2.53. The van der Waals surface area contributed by atoms with Crippen LogP contribution in [0.15, 0.2) is 12.8 Å². The van der Waals surface area contributed by atoms with E-state index in [1.54, 1.807) is 6.92 Å². The van der Waals surface area contributed by atoms with Crippen molar-refractivity contribution in [2.24, 2.45) is 0 Å². The van der Waals surface area contributed by atoms with Gasteiger partial charge in [0.05, 0.1) is 20.4 Å². The maximum atomic E-state index is 9.34. The lowest BCUT2D eigenvalue weighted by molar-refractivity contribution is -0.973. The molecule has 0 saturated heterocycles. The minimum absolute atomic E-state index is 0. The molecule has 2 atom stereocenters. The highest BCUT2D eigenvalue weighted by molar-refractivity contribution is 4.50. The number of rotatable bonds is 4. The molecule has 0 fully saturated rings. The Morgan fingerprint density at radius 3 is 2.08 bits per heavy atom. The Kier molecular flexibility index (Phi) is 5.98. The molecule has 0 aromatic heterocycles. The molecule has 0 rings (SSSR count). The zero-order valence-corrected chi connectivity index (χ0v) is 8.19. The Balaban J connectivity index is 0. The lowest BCUT2D eigenvalue weighted by atomic mass is 10.4. The normalized spacial score (nSPS) is 15.8. The number of hydrogen-bond donors (Lipinski definition) is 1. The monoisotopic (exact) mass is 177 g/mol. The van der Waals surface area contributed by atoms with Crippen LogP contribution in [0.25, 0.3) is 0 Å². The molecule has 0 spiro atoms. The standard InChI is InChI=1S/C8H18NO2.H2O/c1-6-11-8(3)9(4,5)7(2)10;/h6-8,10H,1H2,2-5H3;1H2/q+1;/p-1. The Bertz CT molecular complexity index is 134. The molecule has 4 heteroatoms. The van der Waals surface area contributed by atoms with Crippen molar-refractivity contribution in [3.05, 3.63) is 12.8 Å². The molecule has 12 heavy (non-hydrogen) atoms. The third-order valence-corrected chi connectivity index (χ3v) is 2.19. The van der Waals surface area contributed by atoms with Crippen LogP contribution in [0.3, 0.4) is 0 Å². The van der Waals surface area contributed by atoms with Crippen LogP contribution in [0.5, 0.6) is 0 Å². The van der Waals surface area contributed by atoms with Crippen molar-refractivity contribution in [2.45, 2.75) is 26.3 Å². The summed E-state index contributed by atoms with van der Waals surface area (Å²) < 4.78 is 5.55. The zero-order valence-electron chi connectivity index (χ0n) is 8.19. The van der Waals surface area contributed by atoms with E-state index in [-0.39, 0.29) is 11.7 Å². The van der Waals surface area contributed by atoms with E-state index in [1.165, 1.54) is 6.26 Å². The molecule has 0 aliphatic heterocycles. The Morgan fingerprint density at radius 1 is 1.42 bits per heavy atom. The SMILES string of the molecule is C=COC(C)[N+](C)(C)C(C)O.[OH-]. The van der Waals surface area contributed by atoms with Gasteiger partial charge in [-0.1, -0.05) is 6.58 Å². The fourth-order valence-corrected chi connectivity index (χ4v) is 0.600. The summed E-state index contributed by atoms with van der Waals surface area (Å²) in [6, 6.07) is 0. The van der Waals surface area contributed by atoms with E-state index >= 15 is 0 Å². The summed E-state index contributed by atoms with van der Waals surface area (Å²) in [5, 5.41) is 9.34. The summed E-state index contributed by atoms with van der Waals surface area (Å²) >= 11 is 0. The summed E-state index contributed by atoms with van der Waals surface area (Å²) in [7, 11) is 3.80. The number of aliphatic hydroxyl groups is 1. The van der Waals surface area contributed by atoms with Gasteiger partial charge in [0.1, 0.15) is 0 Å². The Labute approximate surface area is 74.0 Å². The van der Waals surface area contributed by atoms with Gasteiger partial charge < -0.3 is 15.3 Å². The summed E-state index contributed by atoms with van der Waals surface area (Å²) in [5.74, 6) is 0. The number of nitrogens with zero attached hydrogens (tertiary/aromatic N) is 1. The van der Waals surface area contributed by atoms with E-state index in [9.17, 15) is 5.11 Å². The number of quaternary nitrogens is 1. The molecular weight excluding hydrogens is 158 g/mol. The van der Waals surface area contributed by atoms with Gasteiger partial charge >= 0.3 is 0 Å². The topological polar surface area (TPSA) is 59.5 Å². The molecular formula is C8H19NO3. The van der Waals surface area contributed by atoms with Crippen LogP contribution < -0.4 is 0 Å². The van der Waals surface area contributed by atoms with Gasteiger partial charge in [-0.3, -0.25) is 4.48 Å². The van der Waals surface area contributed by atoms with Gasteiger partial charge in [-0.05, 0) is 0 Å². The maximum absolute atomic E-state index is 9.34. The van der Waals surface area contributed by atoms with Gasteiger partial charge in [0.25, 0.3) is 0 Å². The largest absolute Gasteiger partial charge is 0.870 e. The summed E-state index contributed by atoms with van der Waals surface area (Å²) in [5.41, 5.74) is 0. The van der Waals surface area contributed by atoms with Gasteiger partial charge in [0.15, 0.2) is 6.23 Å². The van der Waals surface area contributed by atoms with Crippen molar-refractivity contribution >= 4 is 0 Å². The fraction of sp³-hybridized carbons (Fsp3) is 0.750. The van der Waals surface area contributed by atoms with Crippen molar-refractivity contribution in [2.75, 3.05) is 14.1 Å². The van der Waals surface area contributed by atoms with E-state index in [0.29, 0.717) is 4.48 Å². The first-order chi connectivity index (χ1) is 4.92. The first-order valence-corrected chi connectivity index (χ1v) is 3.70. The van der Waals surface area contributed by atoms with Crippen LogP contribution in [0.1, 0.15) is 13.8 Å². The minimum atomic E-state index is -0.440. The summed E-state index contributed by atoms with van der Waals surface area (Å²) in [6.07, 6.45) is 0.880. The smallest absolute Gasteiger partial charge is 0.231 e. The van der Waals surface area contributed by atoms with Crippen LogP contribution >= 0.6 is 0 Å². The third kappa shape index (κ3) is 3.21. The number of ether oxygens (including phenoxy) is 1. The molecule has 0 aromatic rings. The van der Waals surface area contributed by atoms with Gasteiger partial charge in [0, 0.05) is 13.8 Å². The number of aliphatic hydroxyl groups excluding tert-OH is 1. The van der Waals surface area contributed by atoms with Gasteiger partial charge in [-0.15, -0.1) is 0 Å². The zero-order chi connectivity index (χ0) is 9.07. The van der Waals surface area contributed by atoms with Gasteiger partial charge in [-0.25, -0.2) is 0 Å². The molecule has 0 heterocycles. The maximum Gasteiger partial charge on any atom is 0.231 e. The molecule has 74 valence electrons. The van der Waals surface area contributed by atoms with Crippen LogP contribution in [0.2, 0.25) is 0 Å². The van der Waals surface area contributed by atoms with E-state index in [4.69, 9.17) is 4.74 Å². The van der Waals surface area contributed by atoms with Crippen molar-refractivity contribution in [3.8, 4) is 0 Å². The van der Waals surface area contributed by atoms with E-state index in [2.05, 4.69) is 6.58 Å². The molecule has 0 saturated carbocycles. The summed E-state index contributed by atoms with van der Waals surface area (Å²) in [6.45, 7) is 7.10. The van der Waals surface area contributed by atoms with E-state index in [0.717, 1.165) is 0 Å². The fourth-order valence-electron chi connectivity index (χ4n) is 0.600. The van der Waals surface area contributed by atoms with Crippen molar-refractivity contribution < 1.29 is 19.8 Å². The van der Waals surface area contributed by atoms with Crippen LogP contribution in [-0.4, -0.2) is 41.6 Å². The van der Waals surface area contributed by atoms with Crippen LogP contribution in [0.4, 0.5) is 0 Å². The Morgan fingerprint density at radius 2 is 1.83 bits per heavy atom. The molecule has 4 nitrogen and oxygen atoms in total. The second-order valence-electron chi connectivity index (χ2n) is 3.16. The van der Waals surface area contributed by atoms with Crippen molar-refractivity contribution in [1.29, 1.82) is 0 Å². The second kappa shape index (κ2) is 5.13. The quantitative estimate of drug-likeness (QED) is 0.391. The molecule has 2 unspecified atom stereocenters. The molecule has 0 aromatic carbocycles. The lowest BCUT2D eigenvalue weighted by Gasteiger charge is -2.36. The average Bonchev–Trinajstić information content (AvgIpc) is 1.88. The average molecular weight is 177 g/mol. The minimum Gasteiger partial charge on any atom is -0.870 e. The van der Waals surface area contributed by atoms with E-state index < -0.39 is 6.23 Å². The predicted molar refractivity (Wildman–Crippen MR) is 46.5 cm³/mol. The highest BCUT2D eigenvalue weighted by Crippen LogP contribution is 2.11. The summed E-state index contributed by atoms with van der Waals surface area (Å²) in [4.78, 5) is 0. The van der Waals surface area contributed by atoms with Crippen molar-refractivity contribution in [3.63, 3.8) is 0 Å². The number of hydrogen-bond acceptors (Lipinski definition) is 3. The van der Waals surface area contributed by atoms with Gasteiger partial charge in [0.2, 0.25) is 6.23 Å². The molecule has 0 radical (unpaired) electrons.